The van der Waals surface area contributed by atoms with Crippen molar-refractivity contribution in [3.63, 3.8) is 0 Å². The van der Waals surface area contributed by atoms with Gasteiger partial charge in [-0.3, -0.25) is 0 Å². The summed E-state index contributed by atoms with van der Waals surface area (Å²) in [6.45, 7) is 7.55. The standard InChI is InChI=1S/C15H20N2S/c1-15(2,3)14-17-13(11-18-14)9-10-16-12-7-5-4-6-8-12/h4-8,11,16H,9-10H2,1-3H3. The largest absolute Gasteiger partial charge is 0.385 e. The van der Waals surface area contributed by atoms with Gasteiger partial charge in [-0.15, -0.1) is 11.3 Å². The van der Waals surface area contributed by atoms with Gasteiger partial charge in [0.05, 0.1) is 10.7 Å². The van der Waals surface area contributed by atoms with E-state index in [9.17, 15) is 0 Å². The molecule has 2 aromatic rings. The number of para-hydroxylation sites is 1. The maximum absolute atomic E-state index is 4.69. The Bertz CT molecular complexity index is 483. The number of hydrogen-bond donors (Lipinski definition) is 1. The van der Waals surface area contributed by atoms with Crippen molar-refractivity contribution < 1.29 is 0 Å². The number of nitrogens with one attached hydrogen (secondary N) is 1. The van der Waals surface area contributed by atoms with Gasteiger partial charge in [0.15, 0.2) is 0 Å². The van der Waals surface area contributed by atoms with Crippen LogP contribution in [0.25, 0.3) is 0 Å². The van der Waals surface area contributed by atoms with E-state index in [1.807, 2.05) is 18.2 Å². The lowest BCUT2D eigenvalue weighted by atomic mass is 9.98. The van der Waals surface area contributed by atoms with Gasteiger partial charge >= 0.3 is 0 Å². The summed E-state index contributed by atoms with van der Waals surface area (Å²) in [4.78, 5) is 4.69. The fourth-order valence-corrected chi connectivity index (χ4v) is 2.60. The van der Waals surface area contributed by atoms with Crippen LogP contribution >= 0.6 is 11.3 Å². The van der Waals surface area contributed by atoms with E-state index in [1.54, 1.807) is 11.3 Å². The molecule has 0 radical (unpaired) electrons. The monoisotopic (exact) mass is 260 g/mol. The second-order valence-electron chi connectivity index (χ2n) is 5.44. The van der Waals surface area contributed by atoms with Crippen molar-refractivity contribution >= 4 is 17.0 Å². The molecule has 1 aromatic heterocycles. The van der Waals surface area contributed by atoms with Gasteiger partial charge in [-0.1, -0.05) is 39.0 Å². The zero-order chi connectivity index (χ0) is 13.0. The highest BCUT2D eigenvalue weighted by Gasteiger charge is 2.17. The first-order valence-corrected chi connectivity index (χ1v) is 7.17. The molecular formula is C15H20N2S. The minimum Gasteiger partial charge on any atom is -0.385 e. The lowest BCUT2D eigenvalue weighted by Crippen LogP contribution is -2.11. The SMILES string of the molecule is CC(C)(C)c1nc(CCNc2ccccc2)cs1. The van der Waals surface area contributed by atoms with Crippen LogP contribution in [0.15, 0.2) is 35.7 Å². The van der Waals surface area contributed by atoms with Crippen molar-refractivity contribution in [3.05, 3.63) is 46.4 Å². The first-order chi connectivity index (χ1) is 8.55. The molecule has 0 atom stereocenters. The molecule has 0 aliphatic heterocycles. The van der Waals surface area contributed by atoms with E-state index in [4.69, 9.17) is 4.98 Å². The van der Waals surface area contributed by atoms with E-state index >= 15 is 0 Å². The lowest BCUT2D eigenvalue weighted by molar-refractivity contribution is 0.583. The molecule has 1 N–H and O–H groups in total. The third-order valence-corrected chi connectivity index (χ3v) is 3.99. The molecule has 1 aromatic carbocycles. The van der Waals surface area contributed by atoms with E-state index < -0.39 is 0 Å². The number of anilines is 1. The summed E-state index contributed by atoms with van der Waals surface area (Å²) in [5, 5.41) is 6.80. The summed E-state index contributed by atoms with van der Waals surface area (Å²) >= 11 is 1.76. The fraction of sp³-hybridized carbons (Fsp3) is 0.400. The van der Waals surface area contributed by atoms with Crippen LogP contribution in [0.5, 0.6) is 0 Å². The second kappa shape index (κ2) is 5.53. The molecule has 0 saturated heterocycles. The second-order valence-corrected chi connectivity index (χ2v) is 6.29. The Hall–Kier alpha value is -1.35. The molecule has 2 rings (SSSR count). The summed E-state index contributed by atoms with van der Waals surface area (Å²) in [5.41, 5.74) is 2.52. The molecule has 0 aliphatic rings. The topological polar surface area (TPSA) is 24.9 Å². The molecule has 96 valence electrons. The third-order valence-electron chi connectivity index (χ3n) is 2.68. The number of hydrogen-bond acceptors (Lipinski definition) is 3. The molecule has 0 bridgehead atoms. The van der Waals surface area contributed by atoms with E-state index in [1.165, 1.54) is 16.4 Å². The molecule has 0 fully saturated rings. The van der Waals surface area contributed by atoms with E-state index in [0.29, 0.717) is 0 Å². The fourth-order valence-electron chi connectivity index (χ4n) is 1.66. The minimum absolute atomic E-state index is 0.162. The number of aromatic nitrogens is 1. The Balaban J connectivity index is 1.86. The molecule has 2 nitrogen and oxygen atoms in total. The zero-order valence-corrected chi connectivity index (χ0v) is 12.1. The normalized spacial score (nSPS) is 11.5. The Morgan fingerprint density at radius 2 is 1.89 bits per heavy atom. The lowest BCUT2D eigenvalue weighted by Gasteiger charge is -2.13. The molecular weight excluding hydrogens is 240 g/mol. The first kappa shape index (κ1) is 13.1. The molecule has 0 aliphatic carbocycles. The molecule has 1 heterocycles. The maximum Gasteiger partial charge on any atom is 0.0981 e. The molecule has 0 amide bonds. The van der Waals surface area contributed by atoms with Gasteiger partial charge in [0.25, 0.3) is 0 Å². The summed E-state index contributed by atoms with van der Waals surface area (Å²) in [7, 11) is 0. The van der Waals surface area contributed by atoms with Crippen LogP contribution in [0.3, 0.4) is 0 Å². The summed E-state index contributed by atoms with van der Waals surface area (Å²) in [6, 6.07) is 10.3. The minimum atomic E-state index is 0.162. The Morgan fingerprint density at radius 1 is 1.17 bits per heavy atom. The highest BCUT2D eigenvalue weighted by molar-refractivity contribution is 7.09. The summed E-state index contributed by atoms with van der Waals surface area (Å²) in [6.07, 6.45) is 0.974. The summed E-state index contributed by atoms with van der Waals surface area (Å²) < 4.78 is 0. The van der Waals surface area contributed by atoms with E-state index in [2.05, 4.69) is 43.6 Å². The highest BCUT2D eigenvalue weighted by atomic mass is 32.1. The highest BCUT2D eigenvalue weighted by Crippen LogP contribution is 2.25. The summed E-state index contributed by atoms with van der Waals surface area (Å²) in [5.74, 6) is 0. The third kappa shape index (κ3) is 3.57. The van der Waals surface area contributed by atoms with Gasteiger partial charge in [-0.2, -0.15) is 0 Å². The van der Waals surface area contributed by atoms with Gasteiger partial charge in [0.2, 0.25) is 0 Å². The van der Waals surface area contributed by atoms with Crippen molar-refractivity contribution in [1.29, 1.82) is 0 Å². The van der Waals surface area contributed by atoms with Gasteiger partial charge in [0, 0.05) is 29.4 Å². The number of thiazole rings is 1. The average Bonchev–Trinajstić information content (AvgIpc) is 2.79. The van der Waals surface area contributed by atoms with Gasteiger partial charge in [0.1, 0.15) is 0 Å². The molecule has 0 unspecified atom stereocenters. The maximum atomic E-state index is 4.69. The van der Waals surface area contributed by atoms with Crippen molar-refractivity contribution in [2.45, 2.75) is 32.6 Å². The quantitative estimate of drug-likeness (QED) is 0.895. The van der Waals surface area contributed by atoms with Gasteiger partial charge in [-0.05, 0) is 12.1 Å². The zero-order valence-electron chi connectivity index (χ0n) is 11.2. The van der Waals surface area contributed by atoms with Crippen LogP contribution in [0, 0.1) is 0 Å². The van der Waals surface area contributed by atoms with Gasteiger partial charge in [-0.25, -0.2) is 4.98 Å². The van der Waals surface area contributed by atoms with Gasteiger partial charge < -0.3 is 5.32 Å². The van der Waals surface area contributed by atoms with Crippen LogP contribution in [0.4, 0.5) is 5.69 Å². The smallest absolute Gasteiger partial charge is 0.0981 e. The van der Waals surface area contributed by atoms with Crippen LogP contribution in [0.1, 0.15) is 31.5 Å². The molecule has 3 heteroatoms. The van der Waals surface area contributed by atoms with Crippen molar-refractivity contribution in [2.75, 3.05) is 11.9 Å². The van der Waals surface area contributed by atoms with Crippen LogP contribution in [-0.2, 0) is 11.8 Å². The van der Waals surface area contributed by atoms with E-state index in [0.717, 1.165) is 13.0 Å². The predicted octanol–water partition coefficient (Wildman–Crippen LogP) is 4.10. The van der Waals surface area contributed by atoms with Crippen molar-refractivity contribution in [2.24, 2.45) is 0 Å². The average molecular weight is 260 g/mol. The molecule has 18 heavy (non-hydrogen) atoms. The number of rotatable bonds is 4. The number of nitrogens with zero attached hydrogens (tertiary/aromatic N) is 1. The van der Waals surface area contributed by atoms with Crippen molar-refractivity contribution in [1.82, 2.24) is 4.98 Å². The molecule has 0 saturated carbocycles. The Morgan fingerprint density at radius 3 is 2.50 bits per heavy atom. The first-order valence-electron chi connectivity index (χ1n) is 6.29. The van der Waals surface area contributed by atoms with Crippen LogP contribution < -0.4 is 5.32 Å². The van der Waals surface area contributed by atoms with E-state index in [-0.39, 0.29) is 5.41 Å². The number of benzene rings is 1. The predicted molar refractivity (Wildman–Crippen MR) is 79.4 cm³/mol. The van der Waals surface area contributed by atoms with Crippen molar-refractivity contribution in [3.8, 4) is 0 Å². The Labute approximate surface area is 113 Å². The Kier molecular flexibility index (Phi) is 4.02. The van der Waals surface area contributed by atoms with Crippen LogP contribution in [0.2, 0.25) is 0 Å². The van der Waals surface area contributed by atoms with Crippen LogP contribution in [-0.4, -0.2) is 11.5 Å². The molecule has 0 spiro atoms.